The number of hydrogen-bond acceptors (Lipinski definition) is 3. The zero-order valence-electron chi connectivity index (χ0n) is 9.11. The second kappa shape index (κ2) is 4.53. The van der Waals surface area contributed by atoms with Crippen molar-refractivity contribution in [2.24, 2.45) is 0 Å². The summed E-state index contributed by atoms with van der Waals surface area (Å²) in [6, 6.07) is 8.05. The van der Waals surface area contributed by atoms with Crippen LogP contribution in [0.5, 0.6) is 5.75 Å². The van der Waals surface area contributed by atoms with Gasteiger partial charge in [-0.2, -0.15) is 0 Å². The molecule has 0 saturated carbocycles. The molecule has 0 aromatic heterocycles. The van der Waals surface area contributed by atoms with E-state index < -0.39 is 0 Å². The molecule has 82 valence electrons. The van der Waals surface area contributed by atoms with Crippen molar-refractivity contribution in [2.45, 2.75) is 18.9 Å². The summed E-state index contributed by atoms with van der Waals surface area (Å²) in [4.78, 5) is 2.26. The van der Waals surface area contributed by atoms with Crippen LogP contribution < -0.4 is 10.2 Å². The Morgan fingerprint density at radius 2 is 2.07 bits per heavy atom. The molecule has 15 heavy (non-hydrogen) atoms. The van der Waals surface area contributed by atoms with Crippen LogP contribution in [0.25, 0.3) is 0 Å². The second-order valence-corrected chi connectivity index (χ2v) is 4.11. The summed E-state index contributed by atoms with van der Waals surface area (Å²) in [5, 5.41) is 12.8. The molecule has 0 spiro atoms. The van der Waals surface area contributed by atoms with E-state index in [1.54, 1.807) is 6.07 Å². The van der Waals surface area contributed by atoms with E-state index in [4.69, 9.17) is 0 Å². The molecule has 1 heterocycles. The first-order valence-electron chi connectivity index (χ1n) is 5.50. The van der Waals surface area contributed by atoms with Crippen molar-refractivity contribution in [1.29, 1.82) is 0 Å². The highest BCUT2D eigenvalue weighted by molar-refractivity contribution is 5.50. The summed E-state index contributed by atoms with van der Waals surface area (Å²) in [5.74, 6) is 0.341. The van der Waals surface area contributed by atoms with Crippen molar-refractivity contribution < 1.29 is 5.11 Å². The van der Waals surface area contributed by atoms with Gasteiger partial charge in [0.2, 0.25) is 0 Å². The number of benzene rings is 1. The molecule has 0 amide bonds. The van der Waals surface area contributed by atoms with Crippen molar-refractivity contribution in [1.82, 2.24) is 5.32 Å². The lowest BCUT2D eigenvalue weighted by atomic mass is 10.0. The molecule has 1 aliphatic heterocycles. The first-order chi connectivity index (χ1) is 7.27. The van der Waals surface area contributed by atoms with Crippen LogP contribution in [0.3, 0.4) is 0 Å². The summed E-state index contributed by atoms with van der Waals surface area (Å²) in [5.41, 5.74) is 1.10. The molecule has 0 unspecified atom stereocenters. The summed E-state index contributed by atoms with van der Waals surface area (Å²) in [6.45, 7) is 2.18. The smallest absolute Gasteiger partial charge is 0.117 e. The van der Waals surface area contributed by atoms with Gasteiger partial charge in [-0.3, -0.25) is 0 Å². The molecule has 1 aromatic rings. The van der Waals surface area contributed by atoms with Gasteiger partial charge < -0.3 is 15.3 Å². The summed E-state index contributed by atoms with van der Waals surface area (Å²) < 4.78 is 0. The zero-order valence-corrected chi connectivity index (χ0v) is 9.11. The zero-order chi connectivity index (χ0) is 10.7. The Labute approximate surface area is 90.7 Å². The lowest BCUT2D eigenvalue weighted by Crippen LogP contribution is -2.41. The van der Waals surface area contributed by atoms with Crippen LogP contribution >= 0.6 is 0 Å². The number of hydrogen-bond donors (Lipinski definition) is 2. The number of piperidine rings is 1. The number of phenolic OH excluding ortho intramolecular Hbond substituents is 1. The molecule has 0 aliphatic carbocycles. The van der Waals surface area contributed by atoms with E-state index in [2.05, 4.69) is 17.3 Å². The largest absolute Gasteiger partial charge is 0.508 e. The van der Waals surface area contributed by atoms with Crippen molar-refractivity contribution >= 4 is 5.69 Å². The normalized spacial score (nSPS) is 17.7. The third-order valence-corrected chi connectivity index (χ3v) is 3.09. The Kier molecular flexibility index (Phi) is 3.11. The fraction of sp³-hybridized carbons (Fsp3) is 0.500. The summed E-state index contributed by atoms with van der Waals surface area (Å²) >= 11 is 0. The van der Waals surface area contributed by atoms with E-state index >= 15 is 0 Å². The van der Waals surface area contributed by atoms with Gasteiger partial charge in [-0.05, 0) is 38.1 Å². The van der Waals surface area contributed by atoms with Gasteiger partial charge in [-0.15, -0.1) is 0 Å². The van der Waals surface area contributed by atoms with Gasteiger partial charge in [0.15, 0.2) is 0 Å². The average Bonchev–Trinajstić information content (AvgIpc) is 2.29. The van der Waals surface area contributed by atoms with Crippen LogP contribution in [-0.2, 0) is 0 Å². The predicted molar refractivity (Wildman–Crippen MR) is 62.4 cm³/mol. The summed E-state index contributed by atoms with van der Waals surface area (Å²) in [7, 11) is 2.10. The Morgan fingerprint density at radius 1 is 1.33 bits per heavy atom. The van der Waals surface area contributed by atoms with Crippen molar-refractivity contribution in [3.05, 3.63) is 24.3 Å². The maximum atomic E-state index is 9.42. The fourth-order valence-corrected chi connectivity index (χ4v) is 2.12. The minimum Gasteiger partial charge on any atom is -0.508 e. The van der Waals surface area contributed by atoms with Crippen molar-refractivity contribution in [3.8, 4) is 5.75 Å². The molecule has 0 atom stereocenters. The quantitative estimate of drug-likeness (QED) is 0.771. The van der Waals surface area contributed by atoms with E-state index in [1.165, 1.54) is 12.8 Å². The van der Waals surface area contributed by atoms with Gasteiger partial charge in [0.1, 0.15) is 5.75 Å². The summed E-state index contributed by atoms with van der Waals surface area (Å²) in [6.07, 6.45) is 2.35. The third kappa shape index (κ3) is 2.42. The lowest BCUT2D eigenvalue weighted by Gasteiger charge is -2.33. The monoisotopic (exact) mass is 206 g/mol. The molecule has 0 bridgehead atoms. The highest BCUT2D eigenvalue weighted by Crippen LogP contribution is 2.23. The molecule has 0 radical (unpaired) electrons. The Balaban J connectivity index is 2.08. The number of nitrogens with one attached hydrogen (secondary N) is 1. The topological polar surface area (TPSA) is 35.5 Å². The van der Waals surface area contributed by atoms with E-state index in [9.17, 15) is 5.11 Å². The number of aromatic hydroxyl groups is 1. The van der Waals surface area contributed by atoms with Crippen LogP contribution in [0.4, 0.5) is 5.69 Å². The number of rotatable bonds is 2. The second-order valence-electron chi connectivity index (χ2n) is 4.11. The van der Waals surface area contributed by atoms with Gasteiger partial charge in [0.25, 0.3) is 0 Å². The molecular formula is C12H18N2O. The van der Waals surface area contributed by atoms with Gasteiger partial charge >= 0.3 is 0 Å². The van der Waals surface area contributed by atoms with Crippen LogP contribution in [0, 0.1) is 0 Å². The van der Waals surface area contributed by atoms with Crippen LogP contribution in [-0.4, -0.2) is 31.3 Å². The van der Waals surface area contributed by atoms with E-state index in [0.717, 1.165) is 18.8 Å². The first kappa shape index (κ1) is 10.3. The SMILES string of the molecule is CN(c1cccc(O)c1)C1CCNCC1. The van der Waals surface area contributed by atoms with Gasteiger partial charge in [0, 0.05) is 24.8 Å². The van der Waals surface area contributed by atoms with Gasteiger partial charge in [-0.25, -0.2) is 0 Å². The average molecular weight is 206 g/mol. The van der Waals surface area contributed by atoms with E-state index in [1.807, 2.05) is 18.2 Å². The fourth-order valence-electron chi connectivity index (χ4n) is 2.12. The third-order valence-electron chi connectivity index (χ3n) is 3.09. The Bertz CT molecular complexity index is 321. The molecule has 1 aromatic carbocycles. The molecule has 2 N–H and O–H groups in total. The maximum Gasteiger partial charge on any atom is 0.117 e. The molecule has 2 rings (SSSR count). The number of anilines is 1. The van der Waals surface area contributed by atoms with Gasteiger partial charge in [-0.1, -0.05) is 6.07 Å². The highest BCUT2D eigenvalue weighted by atomic mass is 16.3. The predicted octanol–water partition coefficient (Wildman–Crippen LogP) is 1.58. The van der Waals surface area contributed by atoms with E-state index in [-0.39, 0.29) is 0 Å². The van der Waals surface area contributed by atoms with Gasteiger partial charge in [0.05, 0.1) is 0 Å². The molecule has 1 saturated heterocycles. The number of phenols is 1. The van der Waals surface area contributed by atoms with Crippen molar-refractivity contribution in [3.63, 3.8) is 0 Å². The van der Waals surface area contributed by atoms with E-state index in [0.29, 0.717) is 11.8 Å². The number of nitrogens with zero attached hydrogens (tertiary/aromatic N) is 1. The maximum absolute atomic E-state index is 9.42. The molecule has 1 fully saturated rings. The molecular weight excluding hydrogens is 188 g/mol. The standard InChI is InChI=1S/C12H18N2O/c1-14(10-5-7-13-8-6-10)11-3-2-4-12(15)9-11/h2-4,9-10,13,15H,5-8H2,1H3. The van der Waals surface area contributed by atoms with Crippen LogP contribution in [0.2, 0.25) is 0 Å². The Morgan fingerprint density at radius 3 is 2.73 bits per heavy atom. The van der Waals surface area contributed by atoms with Crippen molar-refractivity contribution in [2.75, 3.05) is 25.0 Å². The molecule has 1 aliphatic rings. The molecule has 3 heteroatoms. The minimum atomic E-state index is 0.341. The van der Waals surface area contributed by atoms with Crippen LogP contribution in [0.1, 0.15) is 12.8 Å². The van der Waals surface area contributed by atoms with Crippen LogP contribution in [0.15, 0.2) is 24.3 Å². The highest BCUT2D eigenvalue weighted by Gasteiger charge is 2.17. The first-order valence-corrected chi connectivity index (χ1v) is 5.50. The Hall–Kier alpha value is -1.22. The lowest BCUT2D eigenvalue weighted by molar-refractivity contribution is 0.442. The molecule has 3 nitrogen and oxygen atoms in total. The minimum absolute atomic E-state index is 0.341.